The Kier molecular flexibility index (Phi) is 11.7. The lowest BCUT2D eigenvalue weighted by Gasteiger charge is -2.41. The second kappa shape index (κ2) is 16.1. The fourth-order valence-electron chi connectivity index (χ4n) is 5.27. The standard InChI is InChI=1S/C36H38IN5O7/c1-36(2,3)49-34(45)38-19-18-28-22-47-23-30(42(28)35(46)48-21-24-10-6-4-7-11-24)25-14-16-27(17-15-25)41-20-29(37)31(40-33(41)44)39-32(43)26-12-8-5-9-13-26/h4-17,20,28,30H,18-19,21-23H2,1-3H3,(H,38,45)(H,39,40,43,44)/t28-,30-/m0/s1. The number of hydrogen-bond acceptors (Lipinski definition) is 8. The number of rotatable bonds is 9. The van der Waals surface area contributed by atoms with Crippen molar-refractivity contribution in [2.75, 3.05) is 25.1 Å². The molecule has 0 unspecified atom stereocenters. The van der Waals surface area contributed by atoms with E-state index < -0.39 is 35.6 Å². The molecule has 1 aromatic heterocycles. The van der Waals surface area contributed by atoms with E-state index in [2.05, 4.69) is 15.6 Å². The van der Waals surface area contributed by atoms with Gasteiger partial charge in [0.2, 0.25) is 0 Å². The average molecular weight is 780 g/mol. The van der Waals surface area contributed by atoms with E-state index >= 15 is 0 Å². The maximum absolute atomic E-state index is 13.7. The average Bonchev–Trinajstić information content (AvgIpc) is 3.08. The first-order valence-electron chi connectivity index (χ1n) is 15.8. The number of aromatic nitrogens is 2. The highest BCUT2D eigenvalue weighted by molar-refractivity contribution is 14.1. The van der Waals surface area contributed by atoms with E-state index in [4.69, 9.17) is 14.2 Å². The number of ether oxygens (including phenoxy) is 3. The third-order valence-electron chi connectivity index (χ3n) is 7.58. The Labute approximate surface area is 297 Å². The molecule has 12 nitrogen and oxygen atoms in total. The minimum atomic E-state index is -0.637. The molecule has 256 valence electrons. The number of amides is 3. The molecular weight excluding hydrogens is 741 g/mol. The number of alkyl carbamates (subject to hydrolysis) is 1. The second-order valence-electron chi connectivity index (χ2n) is 12.4. The quantitative estimate of drug-likeness (QED) is 0.195. The molecule has 3 aromatic carbocycles. The zero-order valence-electron chi connectivity index (χ0n) is 27.4. The van der Waals surface area contributed by atoms with E-state index in [1.54, 1.807) is 68.3 Å². The fourth-order valence-corrected chi connectivity index (χ4v) is 5.80. The summed E-state index contributed by atoms with van der Waals surface area (Å²) in [5, 5.41) is 5.46. The Morgan fingerprint density at radius 2 is 1.63 bits per heavy atom. The maximum Gasteiger partial charge on any atom is 0.411 e. The van der Waals surface area contributed by atoms with E-state index in [0.29, 0.717) is 21.2 Å². The first-order valence-corrected chi connectivity index (χ1v) is 16.9. The van der Waals surface area contributed by atoms with Crippen molar-refractivity contribution >= 4 is 46.5 Å². The number of hydrogen-bond donors (Lipinski definition) is 2. The Morgan fingerprint density at radius 3 is 2.31 bits per heavy atom. The molecule has 5 rings (SSSR count). The van der Waals surface area contributed by atoms with Crippen molar-refractivity contribution in [1.29, 1.82) is 0 Å². The highest BCUT2D eigenvalue weighted by Gasteiger charge is 2.37. The smallest absolute Gasteiger partial charge is 0.411 e. The van der Waals surface area contributed by atoms with Gasteiger partial charge in [-0.15, -0.1) is 0 Å². The predicted molar refractivity (Wildman–Crippen MR) is 192 cm³/mol. The number of halogens is 1. The molecule has 0 radical (unpaired) electrons. The van der Waals surface area contributed by atoms with E-state index in [9.17, 15) is 19.2 Å². The molecule has 1 fully saturated rings. The maximum atomic E-state index is 13.7. The molecule has 2 N–H and O–H groups in total. The van der Waals surface area contributed by atoms with E-state index in [1.807, 2.05) is 71.1 Å². The summed E-state index contributed by atoms with van der Waals surface area (Å²) in [7, 11) is 0. The van der Waals surface area contributed by atoms with Crippen molar-refractivity contribution in [3.05, 3.63) is 122 Å². The monoisotopic (exact) mass is 779 g/mol. The minimum absolute atomic E-state index is 0.0991. The summed E-state index contributed by atoms with van der Waals surface area (Å²) in [5.41, 5.74) is 1.42. The van der Waals surface area contributed by atoms with Gasteiger partial charge in [0, 0.05) is 18.3 Å². The lowest BCUT2D eigenvalue weighted by Crippen LogP contribution is -2.51. The van der Waals surface area contributed by atoms with Crippen molar-refractivity contribution in [3.8, 4) is 5.69 Å². The lowest BCUT2D eigenvalue weighted by atomic mass is 10.0. The zero-order chi connectivity index (χ0) is 35.0. The van der Waals surface area contributed by atoms with Gasteiger partial charge in [-0.3, -0.25) is 14.3 Å². The van der Waals surface area contributed by atoms with Gasteiger partial charge in [0.25, 0.3) is 5.91 Å². The van der Waals surface area contributed by atoms with Gasteiger partial charge in [0.1, 0.15) is 12.2 Å². The van der Waals surface area contributed by atoms with Gasteiger partial charge >= 0.3 is 17.9 Å². The van der Waals surface area contributed by atoms with E-state index in [-0.39, 0.29) is 38.1 Å². The Morgan fingerprint density at radius 1 is 0.959 bits per heavy atom. The number of anilines is 1. The molecule has 1 aliphatic heterocycles. The van der Waals surface area contributed by atoms with Crippen molar-refractivity contribution in [2.45, 2.75) is 51.5 Å². The Bertz CT molecular complexity index is 1810. The summed E-state index contributed by atoms with van der Waals surface area (Å²) in [5.74, 6) is -0.198. The molecule has 2 atom stereocenters. The largest absolute Gasteiger partial charge is 0.445 e. The van der Waals surface area contributed by atoms with Crippen molar-refractivity contribution in [2.24, 2.45) is 0 Å². The van der Waals surface area contributed by atoms with Crippen LogP contribution in [0.5, 0.6) is 0 Å². The van der Waals surface area contributed by atoms with Crippen LogP contribution in [0.3, 0.4) is 0 Å². The van der Waals surface area contributed by atoms with Gasteiger partial charge < -0.3 is 24.8 Å². The molecule has 3 amide bonds. The summed E-state index contributed by atoms with van der Waals surface area (Å²) >= 11 is 2.02. The Balaban J connectivity index is 1.33. The lowest BCUT2D eigenvalue weighted by molar-refractivity contribution is -0.0490. The zero-order valence-corrected chi connectivity index (χ0v) is 29.6. The molecular formula is C36H38IN5O7. The van der Waals surface area contributed by atoms with Gasteiger partial charge in [-0.25, -0.2) is 14.4 Å². The summed E-state index contributed by atoms with van der Waals surface area (Å²) in [4.78, 5) is 57.4. The minimum Gasteiger partial charge on any atom is -0.445 e. The molecule has 2 heterocycles. The van der Waals surface area contributed by atoms with Crippen LogP contribution in [0.4, 0.5) is 15.4 Å². The predicted octanol–water partition coefficient (Wildman–Crippen LogP) is 6.08. The van der Waals surface area contributed by atoms with Crippen molar-refractivity contribution in [1.82, 2.24) is 19.8 Å². The molecule has 0 aliphatic carbocycles. The number of morpholine rings is 1. The molecule has 0 spiro atoms. The highest BCUT2D eigenvalue weighted by Crippen LogP contribution is 2.30. The number of nitrogens with one attached hydrogen (secondary N) is 2. The molecule has 1 saturated heterocycles. The molecule has 0 saturated carbocycles. The van der Waals surface area contributed by atoms with Gasteiger partial charge in [-0.2, -0.15) is 4.98 Å². The van der Waals surface area contributed by atoms with Crippen LogP contribution in [0.15, 0.2) is 95.9 Å². The van der Waals surface area contributed by atoms with Gasteiger partial charge in [-0.05, 0) is 85.2 Å². The molecule has 1 aliphatic rings. The first kappa shape index (κ1) is 35.5. The van der Waals surface area contributed by atoms with Crippen LogP contribution in [-0.2, 0) is 20.8 Å². The topological polar surface area (TPSA) is 141 Å². The number of benzene rings is 3. The summed E-state index contributed by atoms with van der Waals surface area (Å²) in [6, 6.07) is 24.4. The third kappa shape index (κ3) is 9.66. The highest BCUT2D eigenvalue weighted by atomic mass is 127. The van der Waals surface area contributed by atoms with E-state index in [0.717, 1.165) is 11.1 Å². The molecule has 0 bridgehead atoms. The van der Waals surface area contributed by atoms with Crippen LogP contribution in [-0.4, -0.2) is 63.9 Å². The normalized spacial score (nSPS) is 16.0. The second-order valence-corrected chi connectivity index (χ2v) is 13.5. The molecule has 49 heavy (non-hydrogen) atoms. The summed E-state index contributed by atoms with van der Waals surface area (Å²) in [6.45, 7) is 6.21. The van der Waals surface area contributed by atoms with Crippen LogP contribution >= 0.6 is 22.6 Å². The van der Waals surface area contributed by atoms with Crippen LogP contribution in [0.25, 0.3) is 5.69 Å². The van der Waals surface area contributed by atoms with Crippen LogP contribution in [0, 0.1) is 3.57 Å². The van der Waals surface area contributed by atoms with Crippen LogP contribution in [0.2, 0.25) is 0 Å². The van der Waals surface area contributed by atoms with Crippen molar-refractivity contribution in [3.63, 3.8) is 0 Å². The molecule has 13 heteroatoms. The van der Waals surface area contributed by atoms with Gasteiger partial charge in [0.05, 0.1) is 34.6 Å². The third-order valence-corrected chi connectivity index (χ3v) is 8.37. The SMILES string of the molecule is CC(C)(C)OC(=O)NCC[C@H]1COC[C@@H](c2ccc(-n3cc(I)c(NC(=O)c4ccccc4)nc3=O)cc2)N1C(=O)OCc1ccccc1. The van der Waals surface area contributed by atoms with Gasteiger partial charge in [0.15, 0.2) is 5.82 Å². The number of carbonyl (C=O) groups is 3. The summed E-state index contributed by atoms with van der Waals surface area (Å²) < 4.78 is 19.0. The Hall–Kier alpha value is -4.76. The first-order chi connectivity index (χ1) is 23.5. The summed E-state index contributed by atoms with van der Waals surface area (Å²) in [6.07, 6.45) is 0.962. The van der Waals surface area contributed by atoms with Crippen LogP contribution in [0.1, 0.15) is 54.7 Å². The van der Waals surface area contributed by atoms with Gasteiger partial charge in [-0.1, -0.05) is 60.7 Å². The van der Waals surface area contributed by atoms with Crippen LogP contribution < -0.4 is 16.3 Å². The molecule has 4 aromatic rings. The van der Waals surface area contributed by atoms with E-state index in [1.165, 1.54) is 4.57 Å². The number of carbonyl (C=O) groups excluding carboxylic acids is 3. The number of nitrogens with zero attached hydrogens (tertiary/aromatic N) is 3. The van der Waals surface area contributed by atoms with Crippen molar-refractivity contribution < 1.29 is 28.6 Å². The fraction of sp³-hybridized carbons (Fsp3) is 0.306.